The van der Waals surface area contributed by atoms with Crippen LogP contribution in [0.5, 0.6) is 11.6 Å². The second-order valence-electron chi connectivity index (χ2n) is 7.45. The fourth-order valence-electron chi connectivity index (χ4n) is 3.41. The topological polar surface area (TPSA) is 92.3 Å². The number of hydrogen-bond acceptors (Lipinski definition) is 5. The number of unbranched alkanes of at least 4 members (excludes halogenated alkanes) is 3. The van der Waals surface area contributed by atoms with Crippen molar-refractivity contribution >= 4 is 5.78 Å². The Morgan fingerprint density at radius 3 is 2.43 bits per heavy atom. The van der Waals surface area contributed by atoms with Crippen LogP contribution in [-0.4, -0.2) is 21.6 Å². The molecule has 0 bridgehead atoms. The minimum absolute atomic E-state index is 0.0284. The molecule has 6 nitrogen and oxygen atoms in total. The summed E-state index contributed by atoms with van der Waals surface area (Å²) in [6.07, 6.45) is 3.64. The average Bonchev–Trinajstić information content (AvgIpc) is 2.74. The summed E-state index contributed by atoms with van der Waals surface area (Å²) >= 11 is 0. The van der Waals surface area contributed by atoms with E-state index in [1.807, 2.05) is 18.2 Å². The molecule has 0 fully saturated rings. The highest BCUT2D eigenvalue weighted by molar-refractivity contribution is 6.03. The number of carbonyl (C=O) groups excluding carboxylic acids is 1. The largest absolute Gasteiger partial charge is 0.494 e. The highest BCUT2D eigenvalue weighted by Gasteiger charge is 2.28. The van der Waals surface area contributed by atoms with E-state index in [1.165, 1.54) is 6.92 Å². The fourth-order valence-corrected chi connectivity index (χ4v) is 3.41. The molecule has 1 unspecified atom stereocenters. The number of Topliss-reactive ketones (excluding diaryl/α,β-unsaturated/α-hetero) is 1. The number of pyridine rings is 1. The maximum Gasteiger partial charge on any atom is 0.271 e. The van der Waals surface area contributed by atoms with Gasteiger partial charge in [-0.15, -0.1) is 0 Å². The van der Waals surface area contributed by atoms with Crippen molar-refractivity contribution in [2.75, 3.05) is 0 Å². The van der Waals surface area contributed by atoms with Gasteiger partial charge in [0.05, 0.1) is 5.56 Å². The zero-order valence-corrected chi connectivity index (χ0v) is 18.2. The summed E-state index contributed by atoms with van der Waals surface area (Å²) in [5, 5.41) is 20.2. The molecule has 6 heteroatoms. The summed E-state index contributed by atoms with van der Waals surface area (Å²) in [4.78, 5) is 25.8. The second-order valence-corrected chi connectivity index (χ2v) is 7.45. The van der Waals surface area contributed by atoms with Crippen LogP contribution >= 0.6 is 0 Å². The van der Waals surface area contributed by atoms with Crippen molar-refractivity contribution in [2.24, 2.45) is 0 Å². The molecule has 0 saturated heterocycles. The Morgan fingerprint density at radius 2 is 1.87 bits per heavy atom. The summed E-state index contributed by atoms with van der Waals surface area (Å²) in [5.74, 6) is -0.322. The van der Waals surface area contributed by atoms with Gasteiger partial charge in [-0.2, -0.15) is 5.26 Å². The third kappa shape index (κ3) is 5.10. The maximum atomic E-state index is 13.1. The van der Waals surface area contributed by atoms with E-state index in [0.29, 0.717) is 12.2 Å². The van der Waals surface area contributed by atoms with Gasteiger partial charge in [-0.05, 0) is 49.9 Å². The normalized spacial score (nSPS) is 11.7. The average molecular weight is 411 g/mol. The molecule has 0 aliphatic carbocycles. The first kappa shape index (κ1) is 23.2. The Bertz CT molecular complexity index is 984. The Hall–Kier alpha value is -3.07. The molecule has 1 atom stereocenters. The van der Waals surface area contributed by atoms with Crippen LogP contribution in [0.1, 0.15) is 73.5 Å². The van der Waals surface area contributed by atoms with Gasteiger partial charge in [-0.25, -0.2) is 0 Å². The Morgan fingerprint density at radius 1 is 1.20 bits per heavy atom. The van der Waals surface area contributed by atoms with Crippen LogP contribution in [0.15, 0.2) is 29.1 Å². The van der Waals surface area contributed by atoms with Gasteiger partial charge in [0.1, 0.15) is 17.4 Å². The smallest absolute Gasteiger partial charge is 0.271 e. The fraction of sp³-hybridized carbons (Fsp3) is 0.458. The minimum atomic E-state index is -0.889. The molecule has 160 valence electrons. The van der Waals surface area contributed by atoms with E-state index in [0.717, 1.165) is 35.8 Å². The molecule has 2 aromatic rings. The summed E-state index contributed by atoms with van der Waals surface area (Å²) < 4.78 is 6.90. The summed E-state index contributed by atoms with van der Waals surface area (Å²) in [5.41, 5.74) is 0.630. The number of carbonyl (C=O) groups is 1. The lowest BCUT2D eigenvalue weighted by Crippen LogP contribution is -2.30. The first-order chi connectivity index (χ1) is 14.3. The van der Waals surface area contributed by atoms with Gasteiger partial charge in [-0.1, -0.05) is 45.2 Å². The first-order valence-electron chi connectivity index (χ1n) is 10.5. The molecule has 2 rings (SSSR count). The van der Waals surface area contributed by atoms with Crippen LogP contribution in [0.3, 0.4) is 0 Å². The van der Waals surface area contributed by atoms with Crippen molar-refractivity contribution in [3.05, 3.63) is 56.9 Å². The summed E-state index contributed by atoms with van der Waals surface area (Å²) in [7, 11) is 0. The molecule has 1 aromatic carbocycles. The third-order valence-corrected chi connectivity index (χ3v) is 5.30. The van der Waals surface area contributed by atoms with Gasteiger partial charge in [0.15, 0.2) is 6.10 Å². The minimum Gasteiger partial charge on any atom is -0.494 e. The van der Waals surface area contributed by atoms with E-state index in [1.54, 1.807) is 19.1 Å². The zero-order chi connectivity index (χ0) is 22.3. The highest BCUT2D eigenvalue weighted by Crippen LogP contribution is 2.25. The van der Waals surface area contributed by atoms with Crippen LogP contribution in [0, 0.1) is 18.3 Å². The van der Waals surface area contributed by atoms with Crippen LogP contribution < -0.4 is 10.3 Å². The predicted molar refractivity (Wildman–Crippen MR) is 116 cm³/mol. The molecule has 1 N–H and O–H groups in total. The van der Waals surface area contributed by atoms with Crippen molar-refractivity contribution < 1.29 is 14.6 Å². The van der Waals surface area contributed by atoms with Gasteiger partial charge < -0.3 is 9.84 Å². The molecule has 0 aliphatic heterocycles. The summed E-state index contributed by atoms with van der Waals surface area (Å²) in [6.45, 7) is 7.50. The van der Waals surface area contributed by atoms with E-state index in [2.05, 4.69) is 13.8 Å². The Kier molecular flexibility index (Phi) is 8.23. The van der Waals surface area contributed by atoms with Crippen molar-refractivity contribution in [1.29, 1.82) is 5.26 Å². The van der Waals surface area contributed by atoms with Crippen LogP contribution in [-0.2, 0) is 13.0 Å². The molecule has 1 heterocycles. The number of hydrogen-bond donors (Lipinski definition) is 1. The quantitative estimate of drug-likeness (QED) is 0.459. The number of aromatic nitrogens is 1. The van der Waals surface area contributed by atoms with Gasteiger partial charge in [0.2, 0.25) is 11.7 Å². The number of ketones is 1. The molecule has 0 aliphatic rings. The van der Waals surface area contributed by atoms with Gasteiger partial charge in [-0.3, -0.25) is 14.2 Å². The van der Waals surface area contributed by atoms with E-state index < -0.39 is 23.3 Å². The third-order valence-electron chi connectivity index (χ3n) is 5.30. The number of aromatic hydroxyl groups is 1. The number of nitriles is 1. The summed E-state index contributed by atoms with van der Waals surface area (Å²) in [6, 6.07) is 9.34. The van der Waals surface area contributed by atoms with E-state index in [-0.39, 0.29) is 23.2 Å². The standard InChI is InChI=1S/C24H30N2O4/c1-5-7-8-9-14-26-23(28)20(15-25)16(3)21(24(26)29)22(27)17(4)30-19-12-10-18(6-2)11-13-19/h10-13,17,29H,5-9,14H2,1-4H3. The van der Waals surface area contributed by atoms with Crippen molar-refractivity contribution in [2.45, 2.75) is 72.4 Å². The van der Waals surface area contributed by atoms with E-state index >= 15 is 0 Å². The number of benzene rings is 1. The van der Waals surface area contributed by atoms with Crippen LogP contribution in [0.2, 0.25) is 0 Å². The lowest BCUT2D eigenvalue weighted by Gasteiger charge is -2.19. The van der Waals surface area contributed by atoms with E-state index in [9.17, 15) is 20.0 Å². The monoisotopic (exact) mass is 410 g/mol. The highest BCUT2D eigenvalue weighted by atomic mass is 16.5. The molecule has 0 radical (unpaired) electrons. The predicted octanol–water partition coefficient (Wildman–Crippen LogP) is 4.53. The number of nitrogens with zero attached hydrogens (tertiary/aromatic N) is 2. The lowest BCUT2D eigenvalue weighted by atomic mass is 9.99. The van der Waals surface area contributed by atoms with Gasteiger partial charge in [0.25, 0.3) is 5.56 Å². The molecule has 30 heavy (non-hydrogen) atoms. The number of ether oxygens (including phenoxy) is 1. The SMILES string of the molecule is CCCCCCn1c(O)c(C(=O)C(C)Oc2ccc(CC)cc2)c(C)c(C#N)c1=O. The first-order valence-corrected chi connectivity index (χ1v) is 10.5. The second kappa shape index (κ2) is 10.6. The van der Waals surface area contributed by atoms with Gasteiger partial charge in [0, 0.05) is 6.54 Å². The number of aryl methyl sites for hydroxylation is 1. The molecule has 0 amide bonds. The zero-order valence-electron chi connectivity index (χ0n) is 18.2. The van der Waals surface area contributed by atoms with Gasteiger partial charge >= 0.3 is 0 Å². The molecule has 1 aromatic heterocycles. The number of rotatable bonds is 10. The van der Waals surface area contributed by atoms with Crippen LogP contribution in [0.4, 0.5) is 0 Å². The molecule has 0 saturated carbocycles. The van der Waals surface area contributed by atoms with E-state index in [4.69, 9.17) is 4.74 Å². The Labute approximate surface area is 177 Å². The Balaban J connectivity index is 2.36. The van der Waals surface area contributed by atoms with Crippen molar-refractivity contribution in [3.8, 4) is 17.7 Å². The molecular formula is C24H30N2O4. The maximum absolute atomic E-state index is 13.1. The molecule has 0 spiro atoms. The van der Waals surface area contributed by atoms with Crippen molar-refractivity contribution in [1.82, 2.24) is 4.57 Å². The molecular weight excluding hydrogens is 380 g/mol. The lowest BCUT2D eigenvalue weighted by molar-refractivity contribution is 0.0812. The van der Waals surface area contributed by atoms with Crippen molar-refractivity contribution in [3.63, 3.8) is 0 Å². The van der Waals surface area contributed by atoms with Crippen LogP contribution in [0.25, 0.3) is 0 Å².